The van der Waals surface area contributed by atoms with Gasteiger partial charge in [0.25, 0.3) is 0 Å². The molecule has 2 aromatic carbocycles. The van der Waals surface area contributed by atoms with Crippen LogP contribution >= 0.6 is 0 Å². The van der Waals surface area contributed by atoms with Gasteiger partial charge in [-0.1, -0.05) is 30.3 Å². The zero-order valence-electron chi connectivity index (χ0n) is 15.9. The summed E-state index contributed by atoms with van der Waals surface area (Å²) >= 11 is 0. The third kappa shape index (κ3) is 5.24. The fourth-order valence-electron chi connectivity index (χ4n) is 3.47. The second kappa shape index (κ2) is 9.57. The average molecular weight is 386 g/mol. The lowest BCUT2D eigenvalue weighted by Crippen LogP contribution is -2.47. The summed E-state index contributed by atoms with van der Waals surface area (Å²) in [5.41, 5.74) is 1.96. The highest BCUT2D eigenvalue weighted by Gasteiger charge is 2.26. The molecule has 6 heteroatoms. The van der Waals surface area contributed by atoms with Crippen LogP contribution in [-0.4, -0.2) is 55.6 Å². The first kappa shape index (κ1) is 20.2. The van der Waals surface area contributed by atoms with Gasteiger partial charge in [0, 0.05) is 38.8 Å². The van der Waals surface area contributed by atoms with E-state index in [4.69, 9.17) is 0 Å². The number of carbonyl (C=O) groups is 1. The molecule has 2 aromatic rings. The minimum absolute atomic E-state index is 0.0611. The Morgan fingerprint density at radius 1 is 0.964 bits per heavy atom. The van der Waals surface area contributed by atoms with Crippen LogP contribution in [0.4, 0.5) is 8.78 Å². The Labute approximate surface area is 164 Å². The Hall–Kier alpha value is -2.57. The third-order valence-corrected chi connectivity index (χ3v) is 4.96. The smallest absolute Gasteiger partial charge is 0.330 e. The van der Waals surface area contributed by atoms with Crippen molar-refractivity contribution in [1.82, 2.24) is 9.80 Å². The molecular formula is C22H24F2N2O2. The van der Waals surface area contributed by atoms with Gasteiger partial charge in [0.2, 0.25) is 0 Å². The molecule has 0 radical (unpaired) electrons. The third-order valence-electron chi connectivity index (χ3n) is 4.96. The van der Waals surface area contributed by atoms with Crippen LogP contribution in [0.1, 0.15) is 17.2 Å². The van der Waals surface area contributed by atoms with Gasteiger partial charge in [0.15, 0.2) is 0 Å². The van der Waals surface area contributed by atoms with E-state index in [1.54, 1.807) is 30.3 Å². The van der Waals surface area contributed by atoms with Crippen LogP contribution in [0.2, 0.25) is 0 Å². The Kier molecular flexibility index (Phi) is 6.90. The number of hydrogen-bond donors (Lipinski definition) is 0. The summed E-state index contributed by atoms with van der Waals surface area (Å²) in [6.45, 7) is 3.98. The number of benzene rings is 2. The molecule has 1 heterocycles. The summed E-state index contributed by atoms with van der Waals surface area (Å²) in [6.07, 6.45) is 3.24. The van der Waals surface area contributed by atoms with Crippen molar-refractivity contribution in [3.05, 3.63) is 83.4 Å². The first-order valence-electron chi connectivity index (χ1n) is 9.28. The van der Waals surface area contributed by atoms with E-state index in [-0.39, 0.29) is 23.6 Å². The fraction of sp³-hybridized carbons (Fsp3) is 0.318. The van der Waals surface area contributed by atoms with Gasteiger partial charge in [0.05, 0.1) is 13.2 Å². The number of rotatable bonds is 6. The number of esters is 1. The van der Waals surface area contributed by atoms with Gasteiger partial charge >= 0.3 is 5.97 Å². The maximum Gasteiger partial charge on any atom is 0.330 e. The molecule has 1 fully saturated rings. The van der Waals surface area contributed by atoms with E-state index in [0.717, 1.165) is 37.3 Å². The monoisotopic (exact) mass is 386 g/mol. The van der Waals surface area contributed by atoms with E-state index in [2.05, 4.69) is 14.5 Å². The predicted octanol–water partition coefficient (Wildman–Crippen LogP) is 3.40. The van der Waals surface area contributed by atoms with Crippen molar-refractivity contribution in [1.29, 1.82) is 0 Å². The van der Waals surface area contributed by atoms with E-state index < -0.39 is 0 Å². The van der Waals surface area contributed by atoms with Crippen molar-refractivity contribution in [3.63, 3.8) is 0 Å². The lowest BCUT2D eigenvalue weighted by molar-refractivity contribution is -0.134. The summed E-state index contributed by atoms with van der Waals surface area (Å²) in [4.78, 5) is 15.7. The largest absolute Gasteiger partial charge is 0.466 e. The van der Waals surface area contributed by atoms with Crippen molar-refractivity contribution in [2.75, 3.05) is 39.8 Å². The Morgan fingerprint density at radius 3 is 1.93 bits per heavy atom. The molecule has 0 aliphatic carbocycles. The summed E-state index contributed by atoms with van der Waals surface area (Å²) < 4.78 is 31.4. The normalized spacial score (nSPS) is 16.0. The number of ether oxygens (including phenoxy) is 1. The number of halogens is 2. The minimum atomic E-state index is -0.355. The molecule has 1 aliphatic heterocycles. The molecule has 0 atom stereocenters. The first-order valence-corrected chi connectivity index (χ1v) is 9.28. The number of hydrogen-bond acceptors (Lipinski definition) is 4. The molecule has 3 rings (SSSR count). The number of carbonyl (C=O) groups excluding carboxylic acids is 1. The Balaban J connectivity index is 1.71. The zero-order chi connectivity index (χ0) is 19.9. The van der Waals surface area contributed by atoms with Gasteiger partial charge in [0.1, 0.15) is 11.6 Å². The van der Waals surface area contributed by atoms with Crippen LogP contribution in [0.25, 0.3) is 0 Å². The van der Waals surface area contributed by atoms with Crippen molar-refractivity contribution < 1.29 is 18.3 Å². The number of methoxy groups -OCH3 is 1. The van der Waals surface area contributed by atoms with Gasteiger partial charge in [-0.3, -0.25) is 9.80 Å². The maximum atomic E-state index is 13.4. The molecule has 1 saturated heterocycles. The first-order chi connectivity index (χ1) is 13.6. The van der Waals surface area contributed by atoms with Crippen molar-refractivity contribution >= 4 is 5.97 Å². The van der Waals surface area contributed by atoms with Crippen molar-refractivity contribution in [3.8, 4) is 0 Å². The molecule has 0 aromatic heterocycles. The molecule has 28 heavy (non-hydrogen) atoms. The lowest BCUT2D eigenvalue weighted by atomic mass is 9.96. The van der Waals surface area contributed by atoms with Crippen LogP contribution in [-0.2, 0) is 9.53 Å². The lowest BCUT2D eigenvalue weighted by Gasteiger charge is -2.39. The molecule has 0 saturated carbocycles. The number of piperazine rings is 1. The van der Waals surface area contributed by atoms with Crippen molar-refractivity contribution in [2.24, 2.45) is 0 Å². The van der Waals surface area contributed by atoms with Gasteiger partial charge < -0.3 is 4.74 Å². The van der Waals surface area contributed by atoms with Crippen LogP contribution in [0, 0.1) is 11.6 Å². The Bertz CT molecular complexity index is 753. The molecule has 4 nitrogen and oxygen atoms in total. The topological polar surface area (TPSA) is 32.8 Å². The predicted molar refractivity (Wildman–Crippen MR) is 104 cm³/mol. The average Bonchev–Trinajstić information content (AvgIpc) is 2.72. The highest BCUT2D eigenvalue weighted by Crippen LogP contribution is 2.30. The summed E-state index contributed by atoms with van der Waals surface area (Å²) in [6, 6.07) is 12.9. The molecular weight excluding hydrogens is 362 g/mol. The molecule has 1 aliphatic rings. The fourth-order valence-corrected chi connectivity index (χ4v) is 3.47. The quantitative estimate of drug-likeness (QED) is 0.563. The van der Waals surface area contributed by atoms with Crippen LogP contribution < -0.4 is 0 Å². The van der Waals surface area contributed by atoms with Crippen molar-refractivity contribution in [2.45, 2.75) is 6.04 Å². The molecule has 0 unspecified atom stereocenters. The Morgan fingerprint density at radius 2 is 1.46 bits per heavy atom. The standard InChI is InChI=1S/C22H24F2N2O2/c1-28-21(27)3-2-12-25-13-15-26(16-14-25)22(17-4-8-19(23)9-5-17)18-6-10-20(24)11-7-18/h2-11,22H,12-16H2,1H3/b3-2+. The van der Waals surface area contributed by atoms with E-state index >= 15 is 0 Å². The maximum absolute atomic E-state index is 13.4. The second-order valence-electron chi connectivity index (χ2n) is 6.77. The van der Waals surface area contributed by atoms with E-state index in [1.807, 2.05) is 0 Å². The summed E-state index contributed by atoms with van der Waals surface area (Å²) in [5, 5.41) is 0. The summed E-state index contributed by atoms with van der Waals surface area (Å²) in [7, 11) is 1.36. The van der Waals surface area contributed by atoms with Gasteiger partial charge in [-0.25, -0.2) is 13.6 Å². The minimum Gasteiger partial charge on any atom is -0.466 e. The van der Waals surface area contributed by atoms with Gasteiger partial charge in [-0.2, -0.15) is 0 Å². The highest BCUT2D eigenvalue weighted by molar-refractivity contribution is 5.81. The van der Waals surface area contributed by atoms with E-state index in [9.17, 15) is 13.6 Å². The van der Waals surface area contributed by atoms with Crippen LogP contribution in [0.5, 0.6) is 0 Å². The van der Waals surface area contributed by atoms with Crippen LogP contribution in [0.3, 0.4) is 0 Å². The van der Waals surface area contributed by atoms with E-state index in [1.165, 1.54) is 37.5 Å². The molecule has 0 amide bonds. The van der Waals surface area contributed by atoms with Crippen LogP contribution in [0.15, 0.2) is 60.7 Å². The molecule has 148 valence electrons. The second-order valence-corrected chi connectivity index (χ2v) is 6.77. The molecule has 0 spiro atoms. The highest BCUT2D eigenvalue weighted by atomic mass is 19.1. The van der Waals surface area contributed by atoms with E-state index in [0.29, 0.717) is 6.54 Å². The summed E-state index contributed by atoms with van der Waals surface area (Å²) in [5.74, 6) is -0.904. The number of nitrogens with zero attached hydrogens (tertiary/aromatic N) is 2. The SMILES string of the molecule is COC(=O)/C=C/CN1CCN(C(c2ccc(F)cc2)c2ccc(F)cc2)CC1. The van der Waals surface area contributed by atoms with Gasteiger partial charge in [-0.05, 0) is 35.4 Å². The zero-order valence-corrected chi connectivity index (χ0v) is 15.9. The molecule has 0 N–H and O–H groups in total. The molecule has 0 bridgehead atoms. The van der Waals surface area contributed by atoms with Gasteiger partial charge in [-0.15, -0.1) is 0 Å².